The topological polar surface area (TPSA) is 6.48 Å². The smallest absolute Gasteiger partial charge is 0.147 e. The van der Waals surface area contributed by atoms with Crippen molar-refractivity contribution in [2.75, 3.05) is 20.1 Å². The van der Waals surface area contributed by atoms with Crippen molar-refractivity contribution in [2.24, 2.45) is 0 Å². The molecule has 4 heteroatoms. The molecule has 0 aromatic rings. The zero-order valence-corrected chi connectivity index (χ0v) is 9.78. The fraction of sp³-hybridized carbons (Fsp3) is 0.875. The van der Waals surface area contributed by atoms with Gasteiger partial charge in [0, 0.05) is 0 Å². The van der Waals surface area contributed by atoms with Crippen molar-refractivity contribution < 1.29 is 15.6 Å². The molecule has 0 N–H and O–H groups in total. The van der Waals surface area contributed by atoms with E-state index in [1.165, 1.54) is 0 Å². The van der Waals surface area contributed by atoms with Gasteiger partial charge in [-0.25, -0.2) is 0 Å². The van der Waals surface area contributed by atoms with Crippen molar-refractivity contribution in [3.63, 3.8) is 0 Å². The van der Waals surface area contributed by atoms with E-state index in [0.717, 1.165) is 17.8 Å². The van der Waals surface area contributed by atoms with E-state index >= 15 is 0 Å². The number of nitrogens with zero attached hydrogens (tertiary/aromatic N) is 2. The Hall–Kier alpha value is 0.599. The van der Waals surface area contributed by atoms with E-state index in [4.69, 9.17) is 15.6 Å². The van der Waals surface area contributed by atoms with Crippen molar-refractivity contribution in [2.45, 2.75) is 26.3 Å². The quantitative estimate of drug-likeness (QED) is 0.585. The first-order valence-electron chi connectivity index (χ1n) is 3.90. The summed E-state index contributed by atoms with van der Waals surface area (Å²) in [6.07, 6.45) is 0. The second-order valence-corrected chi connectivity index (χ2v) is 4.40. The van der Waals surface area contributed by atoms with Gasteiger partial charge in [0.2, 0.25) is 0 Å². The second kappa shape index (κ2) is 4.21. The largest absolute Gasteiger partial charge is 0.147 e. The number of hydrogen-bond acceptors (Lipinski definition) is 2. The van der Waals surface area contributed by atoms with Crippen LogP contribution in [0.25, 0.3) is 0 Å². The number of halogens is 1. The maximum Gasteiger partial charge on any atom is -0.147 e. The van der Waals surface area contributed by atoms with Gasteiger partial charge in [-0.05, 0) is 0 Å². The van der Waals surface area contributed by atoms with E-state index in [1.807, 2.05) is 7.05 Å². The van der Waals surface area contributed by atoms with Gasteiger partial charge < -0.3 is 0 Å². The molecule has 1 aliphatic rings. The monoisotopic (exact) mass is 239 g/mol. The fourth-order valence-electron chi connectivity index (χ4n) is 1.21. The van der Waals surface area contributed by atoms with Crippen LogP contribution in [0.3, 0.4) is 0 Å². The first-order valence-corrected chi connectivity index (χ1v) is 4.37. The van der Waals surface area contributed by atoms with E-state index in [9.17, 15) is 0 Å². The SMILES string of the molecule is CN1CCN(C(C)(C)C)[C]1=[Cu].Cl. The molecule has 1 fully saturated rings. The summed E-state index contributed by atoms with van der Waals surface area (Å²) in [7, 11) is 2.04. The molecular weight excluding hydrogens is 223 g/mol. The molecule has 0 bridgehead atoms. The van der Waals surface area contributed by atoms with Crippen LogP contribution < -0.4 is 0 Å². The Morgan fingerprint density at radius 1 is 1.25 bits per heavy atom. The third-order valence-electron chi connectivity index (χ3n) is 1.96. The fourth-order valence-corrected chi connectivity index (χ4v) is 1.74. The standard InChI is InChI=1S/C8H16N2.ClH.Cu/c1-8(2,3)10-6-5-9(4)7-10;;/h5-6H2,1-4H3;1H;. The molecule has 1 rings (SSSR count). The molecule has 0 atom stereocenters. The van der Waals surface area contributed by atoms with Crippen LogP contribution in [0.1, 0.15) is 20.8 Å². The van der Waals surface area contributed by atoms with Crippen LogP contribution in [-0.4, -0.2) is 40.1 Å². The minimum Gasteiger partial charge on any atom is -0.147 e. The minimum absolute atomic E-state index is 0. The van der Waals surface area contributed by atoms with Gasteiger partial charge in [0.1, 0.15) is 0 Å². The average Bonchev–Trinajstić information content (AvgIpc) is 2.11. The molecule has 0 amide bonds. The molecule has 1 heterocycles. The van der Waals surface area contributed by atoms with Crippen LogP contribution in [0.15, 0.2) is 0 Å². The molecule has 0 spiro atoms. The maximum atomic E-state index is 5.42. The molecule has 0 radical (unpaired) electrons. The van der Waals surface area contributed by atoms with Crippen LogP contribution in [0.5, 0.6) is 0 Å². The normalized spacial score (nSPS) is 21.3. The van der Waals surface area contributed by atoms with Crippen molar-refractivity contribution in [1.29, 1.82) is 0 Å². The predicted molar refractivity (Wildman–Crippen MR) is 51.3 cm³/mol. The molecule has 1 aliphatic heterocycles. The van der Waals surface area contributed by atoms with Crippen molar-refractivity contribution in [3.8, 4) is 0 Å². The summed E-state index contributed by atoms with van der Waals surface area (Å²) in [5, 5.41) is 0. The van der Waals surface area contributed by atoms with Gasteiger partial charge in [0.15, 0.2) is 0 Å². The molecule has 0 aromatic carbocycles. The Bertz CT molecular complexity index is 176. The van der Waals surface area contributed by atoms with E-state index < -0.39 is 0 Å². The summed E-state index contributed by atoms with van der Waals surface area (Å²) in [6.45, 7) is 8.69. The zero-order valence-electron chi connectivity index (χ0n) is 8.02. The summed E-state index contributed by atoms with van der Waals surface area (Å²) in [6, 6.07) is 0. The molecule has 12 heavy (non-hydrogen) atoms. The molecule has 0 aliphatic carbocycles. The van der Waals surface area contributed by atoms with E-state index in [0.29, 0.717) is 0 Å². The maximum absolute atomic E-state index is 5.42. The van der Waals surface area contributed by atoms with Crippen molar-refractivity contribution >= 4 is 17.1 Å². The van der Waals surface area contributed by atoms with Gasteiger partial charge in [0.25, 0.3) is 0 Å². The Labute approximate surface area is 89.1 Å². The number of rotatable bonds is 0. The van der Waals surface area contributed by atoms with Gasteiger partial charge in [-0.1, -0.05) is 0 Å². The molecule has 0 aromatic heterocycles. The third kappa shape index (κ3) is 2.54. The molecule has 77 valence electrons. The Kier molecular flexibility index (Phi) is 4.42. The zero-order chi connectivity index (χ0) is 8.65. The van der Waals surface area contributed by atoms with Crippen LogP contribution in [0.4, 0.5) is 0 Å². The number of hydrogen-bond donors (Lipinski definition) is 0. The van der Waals surface area contributed by atoms with Crippen LogP contribution in [0.2, 0.25) is 0 Å². The summed E-state index contributed by atoms with van der Waals surface area (Å²) in [4.78, 5) is 4.37. The predicted octanol–water partition coefficient (Wildman–Crippen LogP) is 1.09. The first kappa shape index (κ1) is 12.6. The summed E-state index contributed by atoms with van der Waals surface area (Å²) >= 11 is 5.42. The van der Waals surface area contributed by atoms with E-state index in [-0.39, 0.29) is 17.9 Å². The molecule has 2 nitrogen and oxygen atoms in total. The van der Waals surface area contributed by atoms with Crippen LogP contribution >= 0.6 is 12.4 Å². The summed E-state index contributed by atoms with van der Waals surface area (Å²) in [5.41, 5.74) is 0.177. The Balaban J connectivity index is 0.00000121. The average molecular weight is 240 g/mol. The van der Waals surface area contributed by atoms with Gasteiger partial charge in [-0.15, -0.1) is 12.4 Å². The third-order valence-corrected chi connectivity index (χ3v) is 2.57. The summed E-state index contributed by atoms with van der Waals surface area (Å²) < 4.78 is 0.963. The van der Waals surface area contributed by atoms with Crippen molar-refractivity contribution in [3.05, 3.63) is 0 Å². The minimum atomic E-state index is 0. The van der Waals surface area contributed by atoms with Crippen LogP contribution in [0, 0.1) is 0 Å². The van der Waals surface area contributed by atoms with Gasteiger partial charge in [-0.3, -0.25) is 0 Å². The second-order valence-electron chi connectivity index (χ2n) is 3.98. The molecular formula is C8H17ClCuN2. The van der Waals surface area contributed by atoms with Gasteiger partial charge in [0.05, 0.1) is 0 Å². The molecule has 0 unspecified atom stereocenters. The van der Waals surface area contributed by atoms with Gasteiger partial charge in [-0.2, -0.15) is 0 Å². The van der Waals surface area contributed by atoms with Crippen LogP contribution in [-0.2, 0) is 15.6 Å². The van der Waals surface area contributed by atoms with Gasteiger partial charge >= 0.3 is 76.5 Å². The van der Waals surface area contributed by atoms with E-state index in [2.05, 4.69) is 30.6 Å². The van der Waals surface area contributed by atoms with E-state index in [1.54, 1.807) is 0 Å². The first-order chi connectivity index (χ1) is 4.93. The molecule has 1 saturated heterocycles. The summed E-state index contributed by atoms with van der Waals surface area (Å²) in [5.74, 6) is 0. The Morgan fingerprint density at radius 3 is 1.92 bits per heavy atom. The Morgan fingerprint density at radius 2 is 1.75 bits per heavy atom. The number of likely N-dealkylation sites (N-methyl/N-ethyl adjacent to an activating group) is 1. The molecule has 0 saturated carbocycles. The van der Waals surface area contributed by atoms with Crippen molar-refractivity contribution in [1.82, 2.24) is 9.80 Å².